The van der Waals surface area contributed by atoms with Crippen molar-refractivity contribution in [2.75, 3.05) is 12.4 Å². The molecule has 1 N–H and O–H groups in total. The van der Waals surface area contributed by atoms with E-state index in [1.165, 1.54) is 29.9 Å². The zero-order valence-electron chi connectivity index (χ0n) is 21.4. The van der Waals surface area contributed by atoms with Gasteiger partial charge in [0.05, 0.1) is 19.6 Å². The third-order valence-corrected chi connectivity index (χ3v) is 6.05. The average Bonchev–Trinajstić information content (AvgIpc) is 2.91. The van der Waals surface area contributed by atoms with Gasteiger partial charge in [0.2, 0.25) is 17.8 Å². The van der Waals surface area contributed by atoms with E-state index in [0.29, 0.717) is 22.0 Å². The molecule has 1 atom stereocenters. The molecule has 0 radical (unpaired) electrons. The van der Waals surface area contributed by atoms with Crippen LogP contribution in [0.25, 0.3) is 0 Å². The van der Waals surface area contributed by atoms with Crippen LogP contribution >= 0.6 is 11.6 Å². The number of rotatable bonds is 9. The molecular formula is C27H25ClFN5O5. The number of benzene rings is 2. The van der Waals surface area contributed by atoms with Gasteiger partial charge in [-0.2, -0.15) is 14.4 Å². The minimum Gasteiger partial charge on any atom is -0.469 e. The molecule has 0 unspecified atom stereocenters. The van der Waals surface area contributed by atoms with Gasteiger partial charge in [0.15, 0.2) is 0 Å². The fraction of sp³-hybridized carbons (Fsp3) is 0.222. The summed E-state index contributed by atoms with van der Waals surface area (Å²) < 4.78 is 26.0. The summed E-state index contributed by atoms with van der Waals surface area (Å²) in [4.78, 5) is 46.1. The maximum Gasteiger partial charge on any atom is 0.354 e. The van der Waals surface area contributed by atoms with Crippen molar-refractivity contribution in [2.24, 2.45) is 5.92 Å². The third-order valence-electron chi connectivity index (χ3n) is 5.80. The first-order chi connectivity index (χ1) is 18.6. The number of aromatic nitrogens is 4. The van der Waals surface area contributed by atoms with Gasteiger partial charge in [0.1, 0.15) is 5.75 Å². The van der Waals surface area contributed by atoms with Crippen molar-refractivity contribution in [2.45, 2.75) is 26.9 Å². The zero-order valence-corrected chi connectivity index (χ0v) is 22.1. The average molecular weight is 554 g/mol. The van der Waals surface area contributed by atoms with Crippen LogP contribution in [0.4, 0.5) is 16.0 Å². The Hall–Kier alpha value is -4.51. The summed E-state index contributed by atoms with van der Waals surface area (Å²) in [5, 5.41) is 3.56. The molecule has 0 aliphatic carbocycles. The molecule has 0 amide bonds. The smallest absolute Gasteiger partial charge is 0.354 e. The zero-order chi connectivity index (χ0) is 28.1. The van der Waals surface area contributed by atoms with Crippen LogP contribution in [0.2, 0.25) is 5.02 Å². The number of nitrogens with zero attached hydrogens (tertiary/aromatic N) is 4. The third kappa shape index (κ3) is 6.68. The molecule has 2 aromatic heterocycles. The standard InChI is InChI=1S/C27H25ClFN5O5/c1-16-13-20(11-12-21(16)39-23-6-4-5-22(29)31-23)30-25-32-26(36)34(14-17(2)24(35)38-3)27(37)33(25)15-18-7-9-19(28)10-8-18/h4-13,17H,14-15H2,1-3H3,(H,30,32,36)/t17-/m0/s1. The number of carbonyl (C=O) groups is 1. The van der Waals surface area contributed by atoms with Gasteiger partial charge in [-0.3, -0.25) is 9.36 Å². The molecule has 0 saturated heterocycles. The van der Waals surface area contributed by atoms with E-state index in [1.807, 2.05) is 0 Å². The van der Waals surface area contributed by atoms with E-state index in [0.717, 1.165) is 10.1 Å². The van der Waals surface area contributed by atoms with Crippen LogP contribution in [0.15, 0.2) is 70.3 Å². The highest BCUT2D eigenvalue weighted by molar-refractivity contribution is 6.30. The second-order valence-electron chi connectivity index (χ2n) is 8.75. The van der Waals surface area contributed by atoms with Gasteiger partial charge in [-0.25, -0.2) is 14.2 Å². The maximum atomic E-state index is 13.5. The van der Waals surface area contributed by atoms with Gasteiger partial charge in [-0.15, -0.1) is 0 Å². The molecular weight excluding hydrogens is 529 g/mol. The van der Waals surface area contributed by atoms with Crippen molar-refractivity contribution in [3.05, 3.63) is 104 Å². The summed E-state index contributed by atoms with van der Waals surface area (Å²) in [6.45, 7) is 3.21. The second kappa shape index (κ2) is 11.9. The van der Waals surface area contributed by atoms with Crippen molar-refractivity contribution < 1.29 is 18.7 Å². The Labute approximate surface area is 227 Å². The number of methoxy groups -OCH3 is 1. The van der Waals surface area contributed by atoms with E-state index in [4.69, 9.17) is 21.1 Å². The molecule has 0 spiro atoms. The van der Waals surface area contributed by atoms with E-state index in [1.54, 1.807) is 56.3 Å². The molecule has 0 fully saturated rings. The Bertz CT molecular complexity index is 1620. The molecule has 10 nitrogen and oxygen atoms in total. The Morgan fingerprint density at radius 1 is 1.08 bits per heavy atom. The Morgan fingerprint density at radius 3 is 2.49 bits per heavy atom. The Morgan fingerprint density at radius 2 is 1.82 bits per heavy atom. The molecule has 2 aromatic carbocycles. The number of anilines is 2. The van der Waals surface area contributed by atoms with Gasteiger partial charge < -0.3 is 14.8 Å². The number of esters is 1. The van der Waals surface area contributed by atoms with Crippen LogP contribution in [0.3, 0.4) is 0 Å². The summed E-state index contributed by atoms with van der Waals surface area (Å²) in [5.41, 5.74) is 0.457. The molecule has 12 heteroatoms. The van der Waals surface area contributed by atoms with Crippen LogP contribution in [0, 0.1) is 18.8 Å². The molecule has 4 aromatic rings. The van der Waals surface area contributed by atoms with E-state index in [9.17, 15) is 18.8 Å². The van der Waals surface area contributed by atoms with Crippen LogP contribution in [0.5, 0.6) is 11.6 Å². The minimum absolute atomic E-state index is 0.00165. The normalized spacial score (nSPS) is 11.6. The fourth-order valence-electron chi connectivity index (χ4n) is 3.78. The Balaban J connectivity index is 1.69. The number of hydrogen-bond donors (Lipinski definition) is 1. The van der Waals surface area contributed by atoms with E-state index < -0.39 is 29.2 Å². The van der Waals surface area contributed by atoms with Crippen LogP contribution < -0.4 is 21.4 Å². The van der Waals surface area contributed by atoms with Crippen molar-refractivity contribution in [3.63, 3.8) is 0 Å². The van der Waals surface area contributed by atoms with Crippen molar-refractivity contribution in [3.8, 4) is 11.6 Å². The lowest BCUT2D eigenvalue weighted by Crippen LogP contribution is -2.44. The fourth-order valence-corrected chi connectivity index (χ4v) is 3.90. The van der Waals surface area contributed by atoms with Gasteiger partial charge in [-0.1, -0.05) is 36.7 Å². The summed E-state index contributed by atoms with van der Waals surface area (Å²) >= 11 is 6.00. The molecule has 0 aliphatic heterocycles. The quantitative estimate of drug-likeness (QED) is 0.241. The number of halogens is 2. The summed E-state index contributed by atoms with van der Waals surface area (Å²) in [7, 11) is 1.23. The lowest BCUT2D eigenvalue weighted by molar-refractivity contribution is -0.145. The number of hydrogen-bond acceptors (Lipinski definition) is 8. The first-order valence-corrected chi connectivity index (χ1v) is 12.2. The lowest BCUT2D eigenvalue weighted by atomic mass is 10.2. The predicted molar refractivity (Wildman–Crippen MR) is 143 cm³/mol. The number of aryl methyl sites for hydroxylation is 1. The molecule has 0 bridgehead atoms. The van der Waals surface area contributed by atoms with Gasteiger partial charge >= 0.3 is 17.3 Å². The number of carbonyl (C=O) groups excluding carboxylic acids is 1. The Kier molecular flexibility index (Phi) is 8.40. The first-order valence-electron chi connectivity index (χ1n) is 11.9. The monoisotopic (exact) mass is 553 g/mol. The van der Waals surface area contributed by atoms with Crippen molar-refractivity contribution in [1.82, 2.24) is 19.1 Å². The molecule has 0 aliphatic rings. The van der Waals surface area contributed by atoms with Gasteiger partial charge in [0.25, 0.3) is 0 Å². The topological polar surface area (TPSA) is 117 Å². The molecule has 202 valence electrons. The summed E-state index contributed by atoms with van der Waals surface area (Å²) in [6, 6.07) is 16.1. The summed E-state index contributed by atoms with van der Waals surface area (Å²) in [5.74, 6) is -1.42. The molecule has 0 saturated carbocycles. The first kappa shape index (κ1) is 27.5. The maximum absolute atomic E-state index is 13.5. The van der Waals surface area contributed by atoms with E-state index >= 15 is 0 Å². The van der Waals surface area contributed by atoms with Gasteiger partial charge in [-0.05, 0) is 54.4 Å². The lowest BCUT2D eigenvalue weighted by Gasteiger charge is -2.17. The predicted octanol–water partition coefficient (Wildman–Crippen LogP) is 4.29. The second-order valence-corrected chi connectivity index (χ2v) is 9.19. The number of pyridine rings is 1. The van der Waals surface area contributed by atoms with Crippen LogP contribution in [-0.2, 0) is 22.6 Å². The number of ether oxygens (including phenoxy) is 2. The highest BCUT2D eigenvalue weighted by Gasteiger charge is 2.20. The van der Waals surface area contributed by atoms with Gasteiger partial charge in [0, 0.05) is 23.3 Å². The SMILES string of the molecule is COC(=O)[C@@H](C)Cn1c(=O)nc(Nc2ccc(Oc3cccc(F)n3)c(C)c2)n(Cc2ccc(Cl)cc2)c1=O. The van der Waals surface area contributed by atoms with E-state index in [2.05, 4.69) is 15.3 Å². The highest BCUT2D eigenvalue weighted by Crippen LogP contribution is 2.27. The van der Waals surface area contributed by atoms with Crippen molar-refractivity contribution >= 4 is 29.2 Å². The molecule has 4 rings (SSSR count). The minimum atomic E-state index is -0.820. The largest absolute Gasteiger partial charge is 0.469 e. The van der Waals surface area contributed by atoms with Crippen molar-refractivity contribution in [1.29, 1.82) is 0 Å². The van der Waals surface area contributed by atoms with Crippen LogP contribution in [-0.4, -0.2) is 32.2 Å². The highest BCUT2D eigenvalue weighted by atomic mass is 35.5. The van der Waals surface area contributed by atoms with E-state index in [-0.39, 0.29) is 24.9 Å². The molecule has 2 heterocycles. The number of nitrogens with one attached hydrogen (secondary N) is 1. The van der Waals surface area contributed by atoms with Crippen LogP contribution in [0.1, 0.15) is 18.1 Å². The summed E-state index contributed by atoms with van der Waals surface area (Å²) in [6.07, 6.45) is 0. The molecule has 39 heavy (non-hydrogen) atoms.